The second-order valence-corrected chi connectivity index (χ2v) is 4.49. The Morgan fingerprint density at radius 1 is 1.47 bits per heavy atom. The van der Waals surface area contributed by atoms with Gasteiger partial charge in [0.2, 0.25) is 5.88 Å². The minimum absolute atomic E-state index is 0.289. The molecule has 0 amide bonds. The first-order valence-corrected chi connectivity index (χ1v) is 6.12. The molecule has 0 aliphatic carbocycles. The molecule has 1 fully saturated rings. The highest BCUT2D eigenvalue weighted by Gasteiger charge is 2.21. The average Bonchev–Trinajstić information content (AvgIpc) is 2.38. The van der Waals surface area contributed by atoms with Crippen LogP contribution in [-0.4, -0.2) is 31.3 Å². The highest BCUT2D eigenvalue weighted by molar-refractivity contribution is 5.15. The van der Waals surface area contributed by atoms with Crippen molar-refractivity contribution < 1.29 is 9.47 Å². The Morgan fingerprint density at radius 3 is 3.12 bits per heavy atom. The number of pyridine rings is 1. The highest BCUT2D eigenvalue weighted by Crippen LogP contribution is 2.16. The van der Waals surface area contributed by atoms with E-state index < -0.39 is 0 Å². The van der Waals surface area contributed by atoms with Crippen LogP contribution in [0.4, 0.5) is 0 Å². The van der Waals surface area contributed by atoms with Crippen molar-refractivity contribution in [2.24, 2.45) is 5.92 Å². The Balaban J connectivity index is 1.88. The van der Waals surface area contributed by atoms with Gasteiger partial charge < -0.3 is 14.8 Å². The Bertz CT molecular complexity index is 357. The van der Waals surface area contributed by atoms with Crippen LogP contribution < -0.4 is 10.1 Å². The fourth-order valence-electron chi connectivity index (χ4n) is 2.03. The third-order valence-corrected chi connectivity index (χ3v) is 3.19. The minimum atomic E-state index is 0.289. The standard InChI is InChI=1S/C13H20N2O2/c1-10-6-7-14-8-12(10)17-9-11-4-3-5-13(15-11)16-2/h3-5,10,12,14H,6-9H2,1-2H3. The van der Waals surface area contributed by atoms with Crippen LogP contribution in [0.3, 0.4) is 0 Å². The molecule has 0 saturated carbocycles. The molecule has 2 unspecified atom stereocenters. The van der Waals surface area contributed by atoms with Crippen LogP contribution >= 0.6 is 0 Å². The number of methoxy groups -OCH3 is 1. The third-order valence-electron chi connectivity index (χ3n) is 3.19. The lowest BCUT2D eigenvalue weighted by atomic mass is 9.97. The zero-order chi connectivity index (χ0) is 12.1. The summed E-state index contributed by atoms with van der Waals surface area (Å²) in [6.07, 6.45) is 1.47. The van der Waals surface area contributed by atoms with Crippen LogP contribution in [0.2, 0.25) is 0 Å². The van der Waals surface area contributed by atoms with Crippen LogP contribution in [0.5, 0.6) is 5.88 Å². The largest absolute Gasteiger partial charge is 0.481 e. The third kappa shape index (κ3) is 3.41. The smallest absolute Gasteiger partial charge is 0.213 e. The van der Waals surface area contributed by atoms with E-state index in [2.05, 4.69) is 17.2 Å². The molecule has 1 aromatic rings. The lowest BCUT2D eigenvalue weighted by Gasteiger charge is -2.29. The van der Waals surface area contributed by atoms with E-state index in [1.165, 1.54) is 6.42 Å². The second kappa shape index (κ2) is 5.98. The highest BCUT2D eigenvalue weighted by atomic mass is 16.5. The van der Waals surface area contributed by atoms with Gasteiger partial charge in [0.15, 0.2) is 0 Å². The number of hydrogen-bond donors (Lipinski definition) is 1. The molecule has 4 nitrogen and oxygen atoms in total. The molecular formula is C13H20N2O2. The summed E-state index contributed by atoms with van der Waals surface area (Å²) in [5.41, 5.74) is 0.919. The molecule has 2 heterocycles. The predicted molar refractivity (Wildman–Crippen MR) is 66.0 cm³/mol. The molecule has 1 N–H and O–H groups in total. The Kier molecular flexibility index (Phi) is 4.34. The number of hydrogen-bond acceptors (Lipinski definition) is 4. The van der Waals surface area contributed by atoms with Crippen LogP contribution in [0.15, 0.2) is 18.2 Å². The first kappa shape index (κ1) is 12.3. The molecule has 1 saturated heterocycles. The van der Waals surface area contributed by atoms with Gasteiger partial charge in [0.25, 0.3) is 0 Å². The van der Waals surface area contributed by atoms with E-state index >= 15 is 0 Å². The fourth-order valence-corrected chi connectivity index (χ4v) is 2.03. The van der Waals surface area contributed by atoms with E-state index in [1.807, 2.05) is 18.2 Å². The maximum atomic E-state index is 5.90. The molecule has 2 rings (SSSR count). The van der Waals surface area contributed by atoms with Crippen molar-refractivity contribution >= 4 is 0 Å². The molecule has 0 bridgehead atoms. The molecule has 1 aromatic heterocycles. The molecule has 17 heavy (non-hydrogen) atoms. The van der Waals surface area contributed by atoms with E-state index in [0.717, 1.165) is 18.8 Å². The molecule has 94 valence electrons. The number of rotatable bonds is 4. The van der Waals surface area contributed by atoms with Crippen molar-refractivity contribution in [3.8, 4) is 5.88 Å². The zero-order valence-electron chi connectivity index (χ0n) is 10.5. The Hall–Kier alpha value is -1.13. The predicted octanol–water partition coefficient (Wildman–Crippen LogP) is 1.60. The van der Waals surface area contributed by atoms with Crippen molar-refractivity contribution in [1.82, 2.24) is 10.3 Å². The van der Waals surface area contributed by atoms with E-state index in [9.17, 15) is 0 Å². The van der Waals surface area contributed by atoms with Crippen molar-refractivity contribution in [2.45, 2.75) is 26.1 Å². The maximum Gasteiger partial charge on any atom is 0.213 e. The van der Waals surface area contributed by atoms with Gasteiger partial charge in [-0.25, -0.2) is 4.98 Å². The van der Waals surface area contributed by atoms with Gasteiger partial charge in [0.05, 0.1) is 25.5 Å². The summed E-state index contributed by atoms with van der Waals surface area (Å²) in [4.78, 5) is 4.33. The average molecular weight is 236 g/mol. The molecule has 0 radical (unpaired) electrons. The van der Waals surface area contributed by atoms with Crippen molar-refractivity contribution in [2.75, 3.05) is 20.2 Å². The van der Waals surface area contributed by atoms with Crippen LogP contribution in [-0.2, 0) is 11.3 Å². The van der Waals surface area contributed by atoms with Crippen molar-refractivity contribution in [1.29, 1.82) is 0 Å². The Labute approximate surface area is 102 Å². The van der Waals surface area contributed by atoms with E-state index in [-0.39, 0.29) is 6.10 Å². The van der Waals surface area contributed by atoms with Crippen LogP contribution in [0.25, 0.3) is 0 Å². The zero-order valence-corrected chi connectivity index (χ0v) is 10.5. The fraction of sp³-hybridized carbons (Fsp3) is 0.615. The summed E-state index contributed by atoms with van der Waals surface area (Å²) < 4.78 is 11.0. The van der Waals surface area contributed by atoms with E-state index in [0.29, 0.717) is 18.4 Å². The molecule has 0 aromatic carbocycles. The first-order chi connectivity index (χ1) is 8.29. The summed E-state index contributed by atoms with van der Waals surface area (Å²) in [5, 5.41) is 3.35. The number of piperidine rings is 1. The van der Waals surface area contributed by atoms with E-state index in [4.69, 9.17) is 9.47 Å². The van der Waals surface area contributed by atoms with Gasteiger partial charge in [0.1, 0.15) is 0 Å². The van der Waals surface area contributed by atoms with Gasteiger partial charge in [-0.05, 0) is 24.9 Å². The molecule has 1 aliphatic heterocycles. The number of nitrogens with zero attached hydrogens (tertiary/aromatic N) is 1. The van der Waals surface area contributed by atoms with Gasteiger partial charge in [-0.2, -0.15) is 0 Å². The molecule has 1 aliphatic rings. The summed E-state index contributed by atoms with van der Waals surface area (Å²) in [5.74, 6) is 1.25. The quantitative estimate of drug-likeness (QED) is 0.862. The summed E-state index contributed by atoms with van der Waals surface area (Å²) in [7, 11) is 1.63. The van der Waals surface area contributed by atoms with Crippen LogP contribution in [0, 0.1) is 5.92 Å². The number of aromatic nitrogens is 1. The van der Waals surface area contributed by atoms with E-state index in [1.54, 1.807) is 7.11 Å². The monoisotopic (exact) mass is 236 g/mol. The summed E-state index contributed by atoms with van der Waals surface area (Å²) in [6.45, 7) is 4.82. The Morgan fingerprint density at radius 2 is 2.35 bits per heavy atom. The normalized spacial score (nSPS) is 24.6. The van der Waals surface area contributed by atoms with Crippen molar-refractivity contribution in [3.63, 3.8) is 0 Å². The maximum absolute atomic E-state index is 5.90. The topological polar surface area (TPSA) is 43.4 Å². The lowest BCUT2D eigenvalue weighted by Crippen LogP contribution is -2.40. The van der Waals surface area contributed by atoms with Crippen LogP contribution in [0.1, 0.15) is 19.0 Å². The number of nitrogens with one attached hydrogen (secondary N) is 1. The summed E-state index contributed by atoms with van der Waals surface area (Å²) in [6, 6.07) is 5.74. The molecule has 0 spiro atoms. The second-order valence-electron chi connectivity index (χ2n) is 4.49. The molecule has 2 atom stereocenters. The summed E-state index contributed by atoms with van der Waals surface area (Å²) >= 11 is 0. The molecular weight excluding hydrogens is 216 g/mol. The lowest BCUT2D eigenvalue weighted by molar-refractivity contribution is -0.00809. The van der Waals surface area contributed by atoms with Crippen molar-refractivity contribution in [3.05, 3.63) is 23.9 Å². The van der Waals surface area contributed by atoms with Gasteiger partial charge >= 0.3 is 0 Å². The number of ether oxygens (including phenoxy) is 2. The van der Waals surface area contributed by atoms with Gasteiger partial charge in [-0.1, -0.05) is 13.0 Å². The SMILES string of the molecule is COc1cccc(COC2CNCCC2C)n1. The molecule has 4 heteroatoms. The van der Waals surface area contributed by atoms with Gasteiger partial charge in [-0.15, -0.1) is 0 Å². The first-order valence-electron chi connectivity index (χ1n) is 6.12. The van der Waals surface area contributed by atoms with Gasteiger partial charge in [-0.3, -0.25) is 0 Å². The van der Waals surface area contributed by atoms with Gasteiger partial charge in [0, 0.05) is 12.6 Å². The minimum Gasteiger partial charge on any atom is -0.481 e.